The summed E-state index contributed by atoms with van der Waals surface area (Å²) >= 11 is 0. The minimum atomic E-state index is -0.453. The largest absolute Gasteiger partial charge is 0.412 e. The molecule has 1 aromatic carbocycles. The van der Waals surface area contributed by atoms with E-state index in [1.807, 2.05) is 18.2 Å². The van der Waals surface area contributed by atoms with Crippen LogP contribution in [0.15, 0.2) is 30.3 Å². The molecule has 20 heavy (non-hydrogen) atoms. The highest BCUT2D eigenvalue weighted by Gasteiger charge is 2.18. The Morgan fingerprint density at radius 1 is 1.20 bits per heavy atom. The van der Waals surface area contributed by atoms with Crippen LogP contribution in [0.25, 0.3) is 0 Å². The summed E-state index contributed by atoms with van der Waals surface area (Å²) in [6, 6.07) is 9.31. The highest BCUT2D eigenvalue weighted by molar-refractivity contribution is 5.70. The number of hydrogen-bond donors (Lipinski definition) is 2. The first-order valence-corrected chi connectivity index (χ1v) is 7.12. The summed E-state index contributed by atoms with van der Waals surface area (Å²) in [6.45, 7) is 0.956. The van der Waals surface area contributed by atoms with Crippen molar-refractivity contribution in [3.8, 4) is 5.75 Å². The Morgan fingerprint density at radius 3 is 2.60 bits per heavy atom. The van der Waals surface area contributed by atoms with Crippen LogP contribution in [-0.2, 0) is 4.74 Å². The molecule has 0 atom stereocenters. The van der Waals surface area contributed by atoms with Gasteiger partial charge in [0, 0.05) is 12.6 Å². The van der Waals surface area contributed by atoms with Gasteiger partial charge in [0.2, 0.25) is 0 Å². The van der Waals surface area contributed by atoms with Gasteiger partial charge in [-0.25, -0.2) is 4.79 Å². The average Bonchev–Trinajstić information content (AvgIpc) is 2.46. The molecule has 0 radical (unpaired) electrons. The molecule has 110 valence electrons. The van der Waals surface area contributed by atoms with Gasteiger partial charge in [0.1, 0.15) is 5.75 Å². The first-order valence-electron chi connectivity index (χ1n) is 7.12. The number of nitrogens with two attached hydrogens (primary N) is 1. The lowest BCUT2D eigenvalue weighted by Crippen LogP contribution is -2.33. The van der Waals surface area contributed by atoms with Gasteiger partial charge >= 0.3 is 6.09 Å². The maximum atomic E-state index is 11.5. The van der Waals surface area contributed by atoms with Crippen molar-refractivity contribution in [2.24, 2.45) is 5.73 Å². The Hall–Kier alpha value is -1.59. The van der Waals surface area contributed by atoms with Gasteiger partial charge in [-0.05, 0) is 37.8 Å². The Kier molecular flexibility index (Phi) is 5.83. The van der Waals surface area contributed by atoms with E-state index in [4.69, 9.17) is 15.2 Å². The molecule has 0 unspecified atom stereocenters. The van der Waals surface area contributed by atoms with Crippen LogP contribution in [0.1, 0.15) is 25.7 Å². The molecule has 1 amide bonds. The summed E-state index contributed by atoms with van der Waals surface area (Å²) in [5.41, 5.74) is 5.84. The lowest BCUT2D eigenvalue weighted by atomic mass is 9.94. The molecule has 0 aliphatic heterocycles. The third kappa shape index (κ3) is 5.19. The van der Waals surface area contributed by atoms with Crippen molar-refractivity contribution in [1.29, 1.82) is 0 Å². The van der Waals surface area contributed by atoms with Crippen LogP contribution >= 0.6 is 0 Å². The molecule has 5 nitrogen and oxygen atoms in total. The number of benzene rings is 1. The van der Waals surface area contributed by atoms with Crippen LogP contribution in [0.5, 0.6) is 5.75 Å². The normalized spacial score (nSPS) is 22.2. The van der Waals surface area contributed by atoms with Gasteiger partial charge < -0.3 is 20.5 Å². The van der Waals surface area contributed by atoms with E-state index in [0.717, 1.165) is 25.7 Å². The second kappa shape index (κ2) is 7.87. The fraction of sp³-hybridized carbons (Fsp3) is 0.533. The summed E-state index contributed by atoms with van der Waals surface area (Å²) in [5, 5.41) is 2.67. The van der Waals surface area contributed by atoms with E-state index in [9.17, 15) is 4.79 Å². The van der Waals surface area contributed by atoms with Crippen LogP contribution in [0.4, 0.5) is 4.79 Å². The molecule has 0 heterocycles. The molecule has 2 rings (SSSR count). The predicted octanol–water partition coefficient (Wildman–Crippen LogP) is 2.06. The predicted molar refractivity (Wildman–Crippen MR) is 76.7 cm³/mol. The van der Waals surface area contributed by atoms with Gasteiger partial charge in [-0.1, -0.05) is 18.2 Å². The van der Waals surface area contributed by atoms with E-state index >= 15 is 0 Å². The summed E-state index contributed by atoms with van der Waals surface area (Å²) in [6.07, 6.45) is 3.89. The van der Waals surface area contributed by atoms with E-state index in [2.05, 4.69) is 5.32 Å². The number of ether oxygens (including phenoxy) is 2. The number of amides is 1. The number of para-hydroxylation sites is 1. The fourth-order valence-electron chi connectivity index (χ4n) is 2.27. The van der Waals surface area contributed by atoms with Gasteiger partial charge in [0.05, 0.1) is 12.7 Å². The second-order valence-corrected chi connectivity index (χ2v) is 5.04. The SMILES string of the molecule is NC1CCC(OCCNC(=O)Oc2ccccc2)CC1. The topological polar surface area (TPSA) is 73.6 Å². The van der Waals surface area contributed by atoms with E-state index < -0.39 is 6.09 Å². The van der Waals surface area contributed by atoms with Crippen molar-refractivity contribution in [2.75, 3.05) is 13.2 Å². The van der Waals surface area contributed by atoms with Crippen molar-refractivity contribution in [2.45, 2.75) is 37.8 Å². The quantitative estimate of drug-likeness (QED) is 0.809. The van der Waals surface area contributed by atoms with Crippen molar-refractivity contribution in [1.82, 2.24) is 5.32 Å². The lowest BCUT2D eigenvalue weighted by molar-refractivity contribution is 0.0273. The van der Waals surface area contributed by atoms with Crippen LogP contribution in [0.3, 0.4) is 0 Å². The maximum Gasteiger partial charge on any atom is 0.412 e. The van der Waals surface area contributed by atoms with Crippen molar-refractivity contribution in [3.05, 3.63) is 30.3 Å². The minimum absolute atomic E-state index is 0.279. The van der Waals surface area contributed by atoms with Crippen molar-refractivity contribution in [3.63, 3.8) is 0 Å². The smallest absolute Gasteiger partial charge is 0.410 e. The Labute approximate surface area is 119 Å². The molecule has 5 heteroatoms. The van der Waals surface area contributed by atoms with E-state index in [0.29, 0.717) is 24.9 Å². The third-order valence-electron chi connectivity index (χ3n) is 3.40. The van der Waals surface area contributed by atoms with Crippen LogP contribution in [-0.4, -0.2) is 31.4 Å². The van der Waals surface area contributed by atoms with E-state index in [1.165, 1.54) is 0 Å². The molecule has 0 aromatic heterocycles. The van der Waals surface area contributed by atoms with Crippen LogP contribution in [0.2, 0.25) is 0 Å². The van der Waals surface area contributed by atoms with Gasteiger partial charge in [-0.2, -0.15) is 0 Å². The highest BCUT2D eigenvalue weighted by Crippen LogP contribution is 2.19. The van der Waals surface area contributed by atoms with Crippen LogP contribution in [0, 0.1) is 0 Å². The summed E-state index contributed by atoms with van der Waals surface area (Å²) in [5.74, 6) is 0.534. The molecule has 1 fully saturated rings. The zero-order chi connectivity index (χ0) is 14.2. The zero-order valence-electron chi connectivity index (χ0n) is 11.6. The Balaban J connectivity index is 1.56. The van der Waals surface area contributed by atoms with Crippen molar-refractivity contribution >= 4 is 6.09 Å². The molecule has 1 saturated carbocycles. The standard InChI is InChI=1S/C15H22N2O3/c16-12-6-8-13(9-7-12)19-11-10-17-15(18)20-14-4-2-1-3-5-14/h1-5,12-13H,6-11,16H2,(H,17,18). The average molecular weight is 278 g/mol. The molecule has 1 aliphatic carbocycles. The lowest BCUT2D eigenvalue weighted by Gasteiger charge is -2.26. The molecular formula is C15H22N2O3. The number of rotatable bonds is 5. The fourth-order valence-corrected chi connectivity index (χ4v) is 2.27. The number of carbonyl (C=O) groups is 1. The second-order valence-electron chi connectivity index (χ2n) is 5.04. The highest BCUT2D eigenvalue weighted by atomic mass is 16.6. The Bertz CT molecular complexity index is 403. The monoisotopic (exact) mass is 278 g/mol. The summed E-state index contributed by atoms with van der Waals surface area (Å²) in [4.78, 5) is 11.5. The van der Waals surface area contributed by atoms with Gasteiger partial charge in [0.15, 0.2) is 0 Å². The zero-order valence-corrected chi connectivity index (χ0v) is 11.6. The van der Waals surface area contributed by atoms with Crippen LogP contribution < -0.4 is 15.8 Å². The molecule has 3 N–H and O–H groups in total. The van der Waals surface area contributed by atoms with Crippen molar-refractivity contribution < 1.29 is 14.3 Å². The molecule has 0 saturated heterocycles. The first-order chi connectivity index (χ1) is 9.74. The Morgan fingerprint density at radius 2 is 1.90 bits per heavy atom. The maximum absolute atomic E-state index is 11.5. The summed E-state index contributed by atoms with van der Waals surface area (Å²) < 4.78 is 10.8. The molecule has 0 bridgehead atoms. The number of nitrogens with one attached hydrogen (secondary N) is 1. The molecule has 1 aliphatic rings. The van der Waals surface area contributed by atoms with Gasteiger partial charge in [-0.3, -0.25) is 0 Å². The molecule has 0 spiro atoms. The molecule has 1 aromatic rings. The van der Waals surface area contributed by atoms with Gasteiger partial charge in [0.25, 0.3) is 0 Å². The van der Waals surface area contributed by atoms with Gasteiger partial charge in [-0.15, -0.1) is 0 Å². The number of carbonyl (C=O) groups excluding carboxylic acids is 1. The minimum Gasteiger partial charge on any atom is -0.410 e. The summed E-state index contributed by atoms with van der Waals surface area (Å²) in [7, 11) is 0. The number of hydrogen-bond acceptors (Lipinski definition) is 4. The third-order valence-corrected chi connectivity index (χ3v) is 3.40. The first kappa shape index (κ1) is 14.8. The molecular weight excluding hydrogens is 256 g/mol. The van der Waals surface area contributed by atoms with E-state index in [-0.39, 0.29) is 6.10 Å². The van der Waals surface area contributed by atoms with E-state index in [1.54, 1.807) is 12.1 Å².